The highest BCUT2D eigenvalue weighted by Crippen LogP contribution is 2.51. The minimum absolute atomic E-state index is 0.0444. The molecular weight excluding hydrogens is 507 g/mol. The zero-order valence-electron chi connectivity index (χ0n) is 21.7. The fraction of sp³-hybridized carbons (Fsp3) is 0.533. The Morgan fingerprint density at radius 2 is 1.89 bits per heavy atom. The summed E-state index contributed by atoms with van der Waals surface area (Å²) in [5.74, 6) is 1.78. The first-order valence-corrected chi connectivity index (χ1v) is 14.2. The van der Waals surface area contributed by atoms with Crippen molar-refractivity contribution in [1.82, 2.24) is 9.80 Å². The standard InChI is InChI=1S/C30H36Cl2N2O3/c1-20(35)37-26-5-3-4-23(16-26)30-12-13-34(18-21-6-7-21)19-24(30)9-10-25(17-30)33(2)29(36)15-22-8-11-27(31)28(32)14-22/h3-5,8,11,14,16,21,24-25H,6-7,9-10,12-13,15,17-19H2,1-2H3. The summed E-state index contributed by atoms with van der Waals surface area (Å²) in [6, 6.07) is 13.7. The molecule has 7 heteroatoms. The average molecular weight is 544 g/mol. The molecule has 2 saturated carbocycles. The number of fused-ring (bicyclic) bond motifs is 1. The summed E-state index contributed by atoms with van der Waals surface area (Å²) in [4.78, 5) is 29.6. The van der Waals surface area contributed by atoms with Gasteiger partial charge in [0.2, 0.25) is 5.91 Å². The van der Waals surface area contributed by atoms with Crippen molar-refractivity contribution < 1.29 is 14.3 Å². The third-order valence-electron chi connectivity index (χ3n) is 8.75. The van der Waals surface area contributed by atoms with Crippen LogP contribution in [0, 0.1) is 11.8 Å². The maximum Gasteiger partial charge on any atom is 0.308 e. The number of hydrogen-bond donors (Lipinski definition) is 0. The van der Waals surface area contributed by atoms with Crippen LogP contribution in [0.5, 0.6) is 5.75 Å². The van der Waals surface area contributed by atoms with Gasteiger partial charge in [-0.1, -0.05) is 41.4 Å². The topological polar surface area (TPSA) is 49.9 Å². The second kappa shape index (κ2) is 11.0. The van der Waals surface area contributed by atoms with Crippen LogP contribution in [-0.4, -0.2) is 54.4 Å². The SMILES string of the molecule is CC(=O)Oc1cccc(C23CCN(CC4CC4)CC2CCC(N(C)C(=O)Cc2ccc(Cl)c(Cl)c2)C3)c1. The van der Waals surface area contributed by atoms with E-state index in [4.69, 9.17) is 27.9 Å². The van der Waals surface area contributed by atoms with Crippen molar-refractivity contribution in [3.8, 4) is 5.75 Å². The normalized spacial score (nSPS) is 25.8. The first-order chi connectivity index (χ1) is 17.7. The van der Waals surface area contributed by atoms with E-state index in [9.17, 15) is 9.59 Å². The quantitative estimate of drug-likeness (QED) is 0.311. The molecule has 1 saturated heterocycles. The van der Waals surface area contributed by atoms with Crippen molar-refractivity contribution >= 4 is 35.1 Å². The summed E-state index contributed by atoms with van der Waals surface area (Å²) < 4.78 is 5.47. The summed E-state index contributed by atoms with van der Waals surface area (Å²) in [7, 11) is 1.94. The lowest BCUT2D eigenvalue weighted by molar-refractivity contribution is -0.133. The van der Waals surface area contributed by atoms with E-state index < -0.39 is 0 Å². The molecule has 198 valence electrons. The van der Waals surface area contributed by atoms with Crippen molar-refractivity contribution in [2.24, 2.45) is 11.8 Å². The Morgan fingerprint density at radius 1 is 1.08 bits per heavy atom. The first kappa shape index (κ1) is 26.5. The second-order valence-corrected chi connectivity index (χ2v) is 12.1. The van der Waals surface area contributed by atoms with E-state index in [-0.39, 0.29) is 23.3 Å². The highest BCUT2D eigenvalue weighted by Gasteiger charge is 2.49. The molecule has 3 atom stereocenters. The van der Waals surface area contributed by atoms with Crippen LogP contribution in [0.3, 0.4) is 0 Å². The molecule has 0 N–H and O–H groups in total. The van der Waals surface area contributed by atoms with Crippen molar-refractivity contribution in [2.45, 2.75) is 63.3 Å². The fourth-order valence-electron chi connectivity index (χ4n) is 6.54. The van der Waals surface area contributed by atoms with Gasteiger partial charge in [0, 0.05) is 38.5 Å². The van der Waals surface area contributed by atoms with Crippen molar-refractivity contribution in [1.29, 1.82) is 0 Å². The molecule has 37 heavy (non-hydrogen) atoms. The molecule has 1 aliphatic heterocycles. The molecular formula is C30H36Cl2N2O3. The second-order valence-electron chi connectivity index (χ2n) is 11.3. The number of piperidine rings is 1. The number of carbonyl (C=O) groups excluding carboxylic acids is 2. The van der Waals surface area contributed by atoms with Crippen LogP contribution >= 0.6 is 23.2 Å². The van der Waals surface area contributed by atoms with Crippen LogP contribution in [0.1, 0.15) is 56.6 Å². The smallest absolute Gasteiger partial charge is 0.308 e. The zero-order valence-corrected chi connectivity index (χ0v) is 23.2. The molecule has 3 aliphatic rings. The Labute approximate surface area is 230 Å². The highest BCUT2D eigenvalue weighted by atomic mass is 35.5. The minimum Gasteiger partial charge on any atom is -0.427 e. The third-order valence-corrected chi connectivity index (χ3v) is 9.49. The number of benzene rings is 2. The van der Waals surface area contributed by atoms with Crippen LogP contribution in [0.4, 0.5) is 0 Å². The number of esters is 1. The molecule has 1 amide bonds. The maximum absolute atomic E-state index is 13.3. The number of ether oxygens (including phenoxy) is 1. The predicted molar refractivity (Wildman–Crippen MR) is 147 cm³/mol. The molecule has 2 aromatic rings. The van der Waals surface area contributed by atoms with Crippen molar-refractivity contribution in [3.05, 3.63) is 63.6 Å². The minimum atomic E-state index is -0.306. The lowest BCUT2D eigenvalue weighted by Crippen LogP contribution is -2.56. The molecule has 3 unspecified atom stereocenters. The van der Waals surface area contributed by atoms with Gasteiger partial charge in [-0.3, -0.25) is 9.59 Å². The summed E-state index contributed by atoms with van der Waals surface area (Å²) >= 11 is 12.2. The van der Waals surface area contributed by atoms with Crippen molar-refractivity contribution in [3.63, 3.8) is 0 Å². The van der Waals surface area contributed by atoms with E-state index in [1.807, 2.05) is 30.1 Å². The summed E-state index contributed by atoms with van der Waals surface area (Å²) in [5, 5.41) is 0.968. The van der Waals surface area contributed by atoms with E-state index in [1.54, 1.807) is 12.1 Å². The molecule has 0 radical (unpaired) electrons. The van der Waals surface area contributed by atoms with Crippen LogP contribution in [0.15, 0.2) is 42.5 Å². The third kappa shape index (κ3) is 6.00. The van der Waals surface area contributed by atoms with Gasteiger partial charge in [0.1, 0.15) is 5.75 Å². The Hall–Kier alpha value is -2.08. The van der Waals surface area contributed by atoms with Gasteiger partial charge in [0.05, 0.1) is 16.5 Å². The van der Waals surface area contributed by atoms with Gasteiger partial charge < -0.3 is 14.5 Å². The average Bonchev–Trinajstić information content (AvgIpc) is 3.69. The largest absolute Gasteiger partial charge is 0.427 e. The van der Waals surface area contributed by atoms with Gasteiger partial charge in [0.15, 0.2) is 0 Å². The van der Waals surface area contributed by atoms with Gasteiger partial charge >= 0.3 is 5.97 Å². The van der Waals surface area contributed by atoms with Gasteiger partial charge in [-0.2, -0.15) is 0 Å². The molecule has 3 fully saturated rings. The number of halogens is 2. The molecule has 2 aliphatic carbocycles. The van der Waals surface area contributed by atoms with Crippen LogP contribution in [-0.2, 0) is 21.4 Å². The Kier molecular flexibility index (Phi) is 7.86. The molecule has 5 nitrogen and oxygen atoms in total. The molecule has 0 bridgehead atoms. The first-order valence-electron chi connectivity index (χ1n) is 13.4. The van der Waals surface area contributed by atoms with E-state index in [1.165, 1.54) is 31.9 Å². The van der Waals surface area contributed by atoms with Crippen LogP contribution in [0.25, 0.3) is 0 Å². The van der Waals surface area contributed by atoms with Crippen molar-refractivity contribution in [2.75, 3.05) is 26.7 Å². The zero-order chi connectivity index (χ0) is 26.2. The number of likely N-dealkylation sites (tertiary alicyclic amines) is 1. The van der Waals surface area contributed by atoms with E-state index in [0.29, 0.717) is 28.1 Å². The van der Waals surface area contributed by atoms with E-state index in [0.717, 1.165) is 50.3 Å². The molecule has 0 aromatic heterocycles. The van der Waals surface area contributed by atoms with E-state index >= 15 is 0 Å². The summed E-state index contributed by atoms with van der Waals surface area (Å²) in [6.07, 6.45) is 7.08. The molecule has 5 rings (SSSR count). The van der Waals surface area contributed by atoms with Gasteiger partial charge in [-0.25, -0.2) is 0 Å². The predicted octanol–water partition coefficient (Wildman–Crippen LogP) is 6.14. The number of rotatable bonds is 7. The molecule has 0 spiro atoms. The maximum atomic E-state index is 13.3. The lowest BCUT2D eigenvalue weighted by Gasteiger charge is -2.54. The lowest BCUT2D eigenvalue weighted by atomic mass is 9.57. The monoisotopic (exact) mass is 542 g/mol. The Morgan fingerprint density at radius 3 is 2.62 bits per heavy atom. The number of likely N-dealkylation sites (N-methyl/N-ethyl adjacent to an activating group) is 1. The van der Waals surface area contributed by atoms with Gasteiger partial charge in [0.25, 0.3) is 0 Å². The number of carbonyl (C=O) groups is 2. The Bertz CT molecular complexity index is 1170. The van der Waals surface area contributed by atoms with Crippen LogP contribution in [0.2, 0.25) is 10.0 Å². The number of nitrogens with zero attached hydrogens (tertiary/aromatic N) is 2. The van der Waals surface area contributed by atoms with Gasteiger partial charge in [-0.05, 0) is 92.3 Å². The molecule has 1 heterocycles. The summed E-state index contributed by atoms with van der Waals surface area (Å²) in [6.45, 7) is 4.82. The fourth-order valence-corrected chi connectivity index (χ4v) is 6.86. The molecule has 2 aromatic carbocycles. The van der Waals surface area contributed by atoms with E-state index in [2.05, 4.69) is 17.0 Å². The number of hydrogen-bond acceptors (Lipinski definition) is 4. The summed E-state index contributed by atoms with van der Waals surface area (Å²) in [5.41, 5.74) is 2.06. The highest BCUT2D eigenvalue weighted by molar-refractivity contribution is 6.42. The van der Waals surface area contributed by atoms with Crippen LogP contribution < -0.4 is 4.74 Å². The Balaban J connectivity index is 1.37. The number of amides is 1. The van der Waals surface area contributed by atoms with Gasteiger partial charge in [-0.15, -0.1) is 0 Å².